The third-order valence-electron chi connectivity index (χ3n) is 3.59. The summed E-state index contributed by atoms with van der Waals surface area (Å²) < 4.78 is 25.4. The number of rotatable bonds is 4. The van der Waals surface area contributed by atoms with Crippen LogP contribution in [-0.2, 0) is 10.0 Å². The molecular formula is C10H21ClN2O2S. The van der Waals surface area contributed by atoms with E-state index in [9.17, 15) is 8.42 Å². The van der Waals surface area contributed by atoms with E-state index in [-0.39, 0.29) is 18.4 Å². The minimum absolute atomic E-state index is 0. The molecular weight excluding hydrogens is 248 g/mol. The molecule has 2 aliphatic rings. The summed E-state index contributed by atoms with van der Waals surface area (Å²) in [4.78, 5) is 0. The third-order valence-corrected chi connectivity index (χ3v) is 5.46. The van der Waals surface area contributed by atoms with Crippen molar-refractivity contribution in [1.82, 2.24) is 4.31 Å². The molecule has 6 heteroatoms. The highest BCUT2D eigenvalue weighted by Crippen LogP contribution is 2.30. The number of nitrogens with zero attached hydrogens (tertiary/aromatic N) is 1. The molecule has 16 heavy (non-hydrogen) atoms. The van der Waals surface area contributed by atoms with Gasteiger partial charge in [-0.05, 0) is 18.8 Å². The molecule has 0 aromatic carbocycles. The first kappa shape index (κ1) is 14.2. The SMILES string of the molecule is Cl.N[C@@H]1CCN(S(=O)(=O)CCC2CCC2)C1. The van der Waals surface area contributed by atoms with E-state index >= 15 is 0 Å². The Morgan fingerprint density at radius 1 is 1.25 bits per heavy atom. The highest BCUT2D eigenvalue weighted by Gasteiger charge is 2.30. The van der Waals surface area contributed by atoms with Crippen molar-refractivity contribution in [2.75, 3.05) is 18.8 Å². The van der Waals surface area contributed by atoms with E-state index < -0.39 is 10.0 Å². The highest BCUT2D eigenvalue weighted by atomic mass is 35.5. The maximum absolute atomic E-state index is 11.9. The molecule has 1 saturated heterocycles. The first-order valence-electron chi connectivity index (χ1n) is 5.81. The first-order valence-corrected chi connectivity index (χ1v) is 7.42. The van der Waals surface area contributed by atoms with E-state index in [4.69, 9.17) is 5.73 Å². The number of halogens is 1. The van der Waals surface area contributed by atoms with Gasteiger partial charge in [-0.25, -0.2) is 12.7 Å². The molecule has 1 heterocycles. The van der Waals surface area contributed by atoms with Crippen LogP contribution in [0, 0.1) is 5.92 Å². The maximum Gasteiger partial charge on any atom is 0.214 e. The number of nitrogens with two attached hydrogens (primary N) is 1. The van der Waals surface area contributed by atoms with Gasteiger partial charge < -0.3 is 5.73 Å². The summed E-state index contributed by atoms with van der Waals surface area (Å²) >= 11 is 0. The quantitative estimate of drug-likeness (QED) is 0.826. The molecule has 0 aromatic rings. The molecule has 2 rings (SSSR count). The Bertz CT molecular complexity index is 317. The van der Waals surface area contributed by atoms with Gasteiger partial charge in [-0.15, -0.1) is 12.4 Å². The van der Waals surface area contributed by atoms with Crippen LogP contribution in [0.3, 0.4) is 0 Å². The summed E-state index contributed by atoms with van der Waals surface area (Å²) in [5, 5.41) is 0. The van der Waals surface area contributed by atoms with Crippen LogP contribution in [0.1, 0.15) is 32.1 Å². The van der Waals surface area contributed by atoms with Gasteiger partial charge in [-0.1, -0.05) is 19.3 Å². The van der Waals surface area contributed by atoms with Crippen LogP contribution < -0.4 is 5.73 Å². The standard InChI is InChI=1S/C10H20N2O2S.ClH/c11-10-4-6-12(8-10)15(13,14)7-5-9-2-1-3-9;/h9-10H,1-8,11H2;1H/t10-;/m1./s1. The van der Waals surface area contributed by atoms with Crippen LogP contribution >= 0.6 is 12.4 Å². The van der Waals surface area contributed by atoms with Crippen molar-refractivity contribution >= 4 is 22.4 Å². The second-order valence-electron chi connectivity index (χ2n) is 4.81. The monoisotopic (exact) mass is 268 g/mol. The molecule has 0 aromatic heterocycles. The van der Waals surface area contributed by atoms with E-state index in [0.29, 0.717) is 24.8 Å². The molecule has 0 spiro atoms. The fraction of sp³-hybridized carbons (Fsp3) is 1.00. The molecule has 0 amide bonds. The Kier molecular flexibility index (Phi) is 5.04. The van der Waals surface area contributed by atoms with Crippen LogP contribution in [-0.4, -0.2) is 37.6 Å². The molecule has 4 nitrogen and oxygen atoms in total. The molecule has 1 atom stereocenters. The summed E-state index contributed by atoms with van der Waals surface area (Å²) in [7, 11) is -3.01. The lowest BCUT2D eigenvalue weighted by Gasteiger charge is -2.26. The van der Waals surface area contributed by atoms with Crippen molar-refractivity contribution in [3.05, 3.63) is 0 Å². The van der Waals surface area contributed by atoms with Gasteiger partial charge in [0.05, 0.1) is 5.75 Å². The van der Waals surface area contributed by atoms with Gasteiger partial charge in [-0.3, -0.25) is 0 Å². The van der Waals surface area contributed by atoms with Gasteiger partial charge in [0.25, 0.3) is 0 Å². The second kappa shape index (κ2) is 5.67. The average Bonchev–Trinajstić information content (AvgIpc) is 2.49. The van der Waals surface area contributed by atoms with Gasteiger partial charge in [0.15, 0.2) is 0 Å². The lowest BCUT2D eigenvalue weighted by atomic mass is 9.84. The predicted molar refractivity (Wildman–Crippen MR) is 67.2 cm³/mol. The van der Waals surface area contributed by atoms with Crippen LogP contribution in [0.15, 0.2) is 0 Å². The fourth-order valence-electron chi connectivity index (χ4n) is 2.23. The topological polar surface area (TPSA) is 63.4 Å². The van der Waals surface area contributed by atoms with Crippen molar-refractivity contribution in [3.63, 3.8) is 0 Å². The number of hydrogen-bond donors (Lipinski definition) is 1. The minimum Gasteiger partial charge on any atom is -0.326 e. The van der Waals surface area contributed by atoms with E-state index in [1.807, 2.05) is 0 Å². The minimum atomic E-state index is -3.01. The largest absolute Gasteiger partial charge is 0.326 e. The van der Waals surface area contributed by atoms with Crippen LogP contribution in [0.5, 0.6) is 0 Å². The van der Waals surface area contributed by atoms with Gasteiger partial charge in [-0.2, -0.15) is 0 Å². The van der Waals surface area contributed by atoms with Crippen molar-refractivity contribution in [1.29, 1.82) is 0 Å². The third kappa shape index (κ3) is 3.32. The fourth-order valence-corrected chi connectivity index (χ4v) is 3.92. The molecule has 2 fully saturated rings. The lowest BCUT2D eigenvalue weighted by molar-refractivity contribution is 0.305. The summed E-state index contributed by atoms with van der Waals surface area (Å²) in [6.45, 7) is 1.14. The van der Waals surface area contributed by atoms with Crippen molar-refractivity contribution in [3.8, 4) is 0 Å². The Morgan fingerprint density at radius 2 is 1.94 bits per heavy atom. The van der Waals surface area contributed by atoms with Gasteiger partial charge in [0.1, 0.15) is 0 Å². The van der Waals surface area contributed by atoms with Crippen molar-refractivity contribution in [2.24, 2.45) is 11.7 Å². The molecule has 96 valence electrons. The average molecular weight is 269 g/mol. The summed E-state index contributed by atoms with van der Waals surface area (Å²) in [6.07, 6.45) is 5.36. The Labute approximate surface area is 104 Å². The second-order valence-corrected chi connectivity index (χ2v) is 6.90. The smallest absolute Gasteiger partial charge is 0.214 e. The molecule has 0 radical (unpaired) electrons. The van der Waals surface area contributed by atoms with Gasteiger partial charge in [0.2, 0.25) is 10.0 Å². The number of sulfonamides is 1. The molecule has 1 saturated carbocycles. The Hall–Kier alpha value is 0.160. The van der Waals surface area contributed by atoms with E-state index in [2.05, 4.69) is 0 Å². The Balaban J connectivity index is 0.00000128. The zero-order chi connectivity index (χ0) is 10.9. The van der Waals surface area contributed by atoms with Crippen LogP contribution in [0.4, 0.5) is 0 Å². The molecule has 0 unspecified atom stereocenters. The lowest BCUT2D eigenvalue weighted by Crippen LogP contribution is -2.34. The Morgan fingerprint density at radius 3 is 2.38 bits per heavy atom. The number of hydrogen-bond acceptors (Lipinski definition) is 3. The molecule has 2 N–H and O–H groups in total. The molecule has 1 aliphatic heterocycles. The molecule has 0 bridgehead atoms. The van der Waals surface area contributed by atoms with Gasteiger partial charge in [0, 0.05) is 19.1 Å². The summed E-state index contributed by atoms with van der Waals surface area (Å²) in [5.74, 6) is 0.987. The van der Waals surface area contributed by atoms with Crippen molar-refractivity contribution in [2.45, 2.75) is 38.1 Å². The zero-order valence-corrected chi connectivity index (χ0v) is 11.1. The van der Waals surface area contributed by atoms with Crippen molar-refractivity contribution < 1.29 is 8.42 Å². The zero-order valence-electron chi connectivity index (χ0n) is 9.47. The van der Waals surface area contributed by atoms with E-state index in [0.717, 1.165) is 12.8 Å². The van der Waals surface area contributed by atoms with E-state index in [1.165, 1.54) is 19.3 Å². The summed E-state index contributed by atoms with van der Waals surface area (Å²) in [6, 6.07) is 0.0449. The first-order chi connectivity index (χ1) is 7.08. The van der Waals surface area contributed by atoms with Gasteiger partial charge >= 0.3 is 0 Å². The molecule has 1 aliphatic carbocycles. The maximum atomic E-state index is 11.9. The highest BCUT2D eigenvalue weighted by molar-refractivity contribution is 7.89. The summed E-state index contributed by atoms with van der Waals surface area (Å²) in [5.41, 5.74) is 5.71. The van der Waals surface area contributed by atoms with Crippen LogP contribution in [0.25, 0.3) is 0 Å². The predicted octanol–water partition coefficient (Wildman–Crippen LogP) is 0.961. The van der Waals surface area contributed by atoms with Crippen LogP contribution in [0.2, 0.25) is 0 Å². The normalized spacial score (nSPS) is 27.4. The van der Waals surface area contributed by atoms with E-state index in [1.54, 1.807) is 4.31 Å².